The molecule has 102 valence electrons. The number of H-pyrrole nitrogens is 1. The van der Waals surface area contributed by atoms with Gasteiger partial charge in [0.25, 0.3) is 0 Å². The van der Waals surface area contributed by atoms with Crippen molar-refractivity contribution < 1.29 is 0 Å². The predicted molar refractivity (Wildman–Crippen MR) is 85.5 cm³/mol. The van der Waals surface area contributed by atoms with Gasteiger partial charge in [0.2, 0.25) is 0 Å². The monoisotopic (exact) mass is 303 g/mol. The second-order valence-electron chi connectivity index (χ2n) is 5.24. The summed E-state index contributed by atoms with van der Waals surface area (Å²) in [6, 6.07) is 5.89. The number of nitrogens with two attached hydrogens (primary N) is 1. The topological polar surface area (TPSA) is 54.7 Å². The number of aryl methyl sites for hydroxylation is 2. The van der Waals surface area contributed by atoms with Crippen molar-refractivity contribution in [2.24, 2.45) is 0 Å². The Labute approximate surface area is 125 Å². The molecule has 0 atom stereocenters. The van der Waals surface area contributed by atoms with E-state index in [1.807, 2.05) is 17.4 Å². The first kappa shape index (κ1) is 12.2. The molecule has 1 aromatic carbocycles. The summed E-state index contributed by atoms with van der Waals surface area (Å²) in [4.78, 5) is 10.7. The molecule has 0 bridgehead atoms. The predicted octanol–water partition coefficient (Wildman–Crippen LogP) is 4.41. The van der Waals surface area contributed by atoms with Gasteiger partial charge in [0, 0.05) is 9.90 Å². The highest BCUT2D eigenvalue weighted by atomic mass is 35.5. The van der Waals surface area contributed by atoms with Gasteiger partial charge in [-0.3, -0.25) is 0 Å². The number of nitrogens with zero attached hydrogens (tertiary/aromatic N) is 1. The molecular weight excluding hydrogens is 290 g/mol. The molecule has 4 rings (SSSR count). The van der Waals surface area contributed by atoms with E-state index in [1.165, 1.54) is 41.0 Å². The third-order valence-electron chi connectivity index (χ3n) is 3.81. The number of thiophene rings is 1. The highest BCUT2D eigenvalue weighted by Crippen LogP contribution is 2.36. The Morgan fingerprint density at radius 3 is 2.90 bits per heavy atom. The van der Waals surface area contributed by atoms with Crippen LogP contribution in [0.25, 0.3) is 21.7 Å². The number of hydrogen-bond donors (Lipinski definition) is 2. The lowest BCUT2D eigenvalue weighted by molar-refractivity contribution is 0.697. The molecule has 0 unspecified atom stereocenters. The zero-order valence-electron chi connectivity index (χ0n) is 10.9. The number of aromatic amines is 1. The standard InChI is InChI=1S/C15H14ClN3S/c16-9-6-10(17)14-11(7-9)18-15(19-14)13-5-8-3-1-2-4-12(8)20-13/h5-7H,1-4,17H2,(H,18,19). The summed E-state index contributed by atoms with van der Waals surface area (Å²) in [7, 11) is 0. The van der Waals surface area contributed by atoms with Crippen LogP contribution in [0.2, 0.25) is 5.02 Å². The molecule has 0 spiro atoms. The third kappa shape index (κ3) is 1.91. The summed E-state index contributed by atoms with van der Waals surface area (Å²) in [5.41, 5.74) is 9.79. The van der Waals surface area contributed by atoms with E-state index < -0.39 is 0 Å². The third-order valence-corrected chi connectivity index (χ3v) is 5.27. The largest absolute Gasteiger partial charge is 0.397 e. The van der Waals surface area contributed by atoms with Crippen LogP contribution in [-0.4, -0.2) is 9.97 Å². The zero-order chi connectivity index (χ0) is 13.7. The number of fused-ring (bicyclic) bond motifs is 2. The number of benzene rings is 1. The fraction of sp³-hybridized carbons (Fsp3) is 0.267. The van der Waals surface area contributed by atoms with Crippen molar-refractivity contribution in [1.29, 1.82) is 0 Å². The van der Waals surface area contributed by atoms with Crippen LogP contribution in [0.1, 0.15) is 23.3 Å². The van der Waals surface area contributed by atoms with Crippen molar-refractivity contribution >= 4 is 39.7 Å². The highest BCUT2D eigenvalue weighted by Gasteiger charge is 2.16. The number of rotatable bonds is 1. The second-order valence-corrected chi connectivity index (χ2v) is 6.82. The van der Waals surface area contributed by atoms with Gasteiger partial charge in [-0.2, -0.15) is 0 Å². The van der Waals surface area contributed by atoms with Crippen molar-refractivity contribution in [3.05, 3.63) is 33.7 Å². The lowest BCUT2D eigenvalue weighted by Crippen LogP contribution is -1.96. The molecule has 3 aromatic rings. The highest BCUT2D eigenvalue weighted by molar-refractivity contribution is 7.15. The van der Waals surface area contributed by atoms with Crippen molar-refractivity contribution in [2.45, 2.75) is 25.7 Å². The van der Waals surface area contributed by atoms with Gasteiger partial charge in [-0.15, -0.1) is 11.3 Å². The Bertz CT molecular complexity index is 779. The number of aromatic nitrogens is 2. The van der Waals surface area contributed by atoms with Crippen LogP contribution in [-0.2, 0) is 12.8 Å². The smallest absolute Gasteiger partial charge is 0.148 e. The van der Waals surface area contributed by atoms with Crippen LogP contribution < -0.4 is 5.73 Å². The molecule has 0 fully saturated rings. The SMILES string of the molecule is Nc1cc(Cl)cc2[nH]c(-c3cc4c(s3)CCCC4)nc12. The van der Waals surface area contributed by atoms with Gasteiger partial charge in [0.15, 0.2) is 0 Å². The van der Waals surface area contributed by atoms with Crippen molar-refractivity contribution in [3.8, 4) is 10.7 Å². The maximum absolute atomic E-state index is 6.04. The summed E-state index contributed by atoms with van der Waals surface area (Å²) in [5.74, 6) is 0.897. The van der Waals surface area contributed by atoms with Crippen LogP contribution in [0, 0.1) is 0 Å². The maximum Gasteiger partial charge on any atom is 0.148 e. The first-order valence-electron chi connectivity index (χ1n) is 6.77. The van der Waals surface area contributed by atoms with E-state index in [-0.39, 0.29) is 0 Å². The van der Waals surface area contributed by atoms with Crippen LogP contribution in [0.4, 0.5) is 5.69 Å². The second kappa shape index (κ2) is 4.50. The average molecular weight is 304 g/mol. The van der Waals surface area contributed by atoms with Crippen molar-refractivity contribution in [1.82, 2.24) is 9.97 Å². The van der Waals surface area contributed by atoms with E-state index in [2.05, 4.69) is 16.0 Å². The van der Waals surface area contributed by atoms with Gasteiger partial charge in [0.1, 0.15) is 11.3 Å². The van der Waals surface area contributed by atoms with Crippen LogP contribution in [0.15, 0.2) is 18.2 Å². The average Bonchev–Trinajstić information content (AvgIpc) is 3.01. The van der Waals surface area contributed by atoms with Crippen molar-refractivity contribution in [2.75, 3.05) is 5.73 Å². The molecule has 0 saturated carbocycles. The molecule has 2 aromatic heterocycles. The van der Waals surface area contributed by atoms with E-state index in [1.54, 1.807) is 6.07 Å². The molecule has 20 heavy (non-hydrogen) atoms. The van der Waals surface area contributed by atoms with E-state index >= 15 is 0 Å². The number of hydrogen-bond acceptors (Lipinski definition) is 3. The first-order chi connectivity index (χ1) is 9.70. The summed E-state index contributed by atoms with van der Waals surface area (Å²) >= 11 is 7.88. The number of anilines is 1. The van der Waals surface area contributed by atoms with E-state index in [0.29, 0.717) is 10.7 Å². The lowest BCUT2D eigenvalue weighted by atomic mass is 9.99. The fourth-order valence-electron chi connectivity index (χ4n) is 2.83. The Hall–Kier alpha value is -1.52. The molecule has 0 saturated heterocycles. The quantitative estimate of drug-likeness (QED) is 0.654. The Morgan fingerprint density at radius 2 is 2.05 bits per heavy atom. The van der Waals surface area contributed by atoms with Crippen LogP contribution >= 0.6 is 22.9 Å². The van der Waals surface area contributed by atoms with Crippen LogP contribution in [0.5, 0.6) is 0 Å². The van der Waals surface area contributed by atoms with Gasteiger partial charge in [-0.05, 0) is 49.4 Å². The Kier molecular flexibility index (Phi) is 2.75. The number of halogens is 1. The summed E-state index contributed by atoms with van der Waals surface area (Å²) in [6.07, 6.45) is 5.00. The van der Waals surface area contributed by atoms with Crippen LogP contribution in [0.3, 0.4) is 0 Å². The summed E-state index contributed by atoms with van der Waals surface area (Å²) in [6.45, 7) is 0. The Morgan fingerprint density at radius 1 is 1.20 bits per heavy atom. The lowest BCUT2D eigenvalue weighted by Gasteiger charge is -2.08. The first-order valence-corrected chi connectivity index (χ1v) is 7.97. The Balaban J connectivity index is 1.85. The molecule has 0 aliphatic heterocycles. The van der Waals surface area contributed by atoms with Gasteiger partial charge in [0.05, 0.1) is 16.1 Å². The number of nitrogen functional groups attached to an aromatic ring is 1. The molecule has 0 radical (unpaired) electrons. The molecular formula is C15H14ClN3S. The van der Waals surface area contributed by atoms with Gasteiger partial charge in [-0.1, -0.05) is 11.6 Å². The maximum atomic E-state index is 6.04. The summed E-state index contributed by atoms with van der Waals surface area (Å²) < 4.78 is 0. The molecule has 3 nitrogen and oxygen atoms in total. The van der Waals surface area contributed by atoms with Gasteiger partial charge >= 0.3 is 0 Å². The van der Waals surface area contributed by atoms with E-state index in [9.17, 15) is 0 Å². The molecule has 1 aliphatic rings. The normalized spacial score (nSPS) is 14.7. The summed E-state index contributed by atoms with van der Waals surface area (Å²) in [5, 5.41) is 0.635. The molecule has 3 N–H and O–H groups in total. The van der Waals surface area contributed by atoms with Gasteiger partial charge in [-0.25, -0.2) is 4.98 Å². The molecule has 5 heteroatoms. The minimum absolute atomic E-state index is 0.622. The number of imidazole rings is 1. The number of nitrogens with one attached hydrogen (secondary N) is 1. The minimum atomic E-state index is 0.622. The minimum Gasteiger partial charge on any atom is -0.397 e. The van der Waals surface area contributed by atoms with Crippen molar-refractivity contribution in [3.63, 3.8) is 0 Å². The van der Waals surface area contributed by atoms with E-state index in [4.69, 9.17) is 17.3 Å². The molecule has 0 amide bonds. The fourth-order valence-corrected chi connectivity index (χ4v) is 4.26. The molecule has 2 heterocycles. The van der Waals surface area contributed by atoms with Gasteiger partial charge < -0.3 is 10.7 Å². The molecule has 1 aliphatic carbocycles. The zero-order valence-corrected chi connectivity index (χ0v) is 12.4. The van der Waals surface area contributed by atoms with E-state index in [0.717, 1.165) is 16.9 Å².